The Labute approximate surface area is 156 Å². The van der Waals surface area contributed by atoms with Gasteiger partial charge in [-0.2, -0.15) is 13.2 Å². The van der Waals surface area contributed by atoms with Crippen LogP contribution < -0.4 is 11.1 Å². The van der Waals surface area contributed by atoms with Gasteiger partial charge in [0.1, 0.15) is 0 Å². The Kier molecular flexibility index (Phi) is 5.46. The second-order valence-corrected chi connectivity index (χ2v) is 7.33. The van der Waals surface area contributed by atoms with Crippen LogP contribution in [0.2, 0.25) is 0 Å². The summed E-state index contributed by atoms with van der Waals surface area (Å²) in [5, 5.41) is 2.74. The Morgan fingerprint density at radius 3 is 2.67 bits per heavy atom. The highest BCUT2D eigenvalue weighted by Crippen LogP contribution is 2.50. The number of carbonyl (C=O) groups excluding carboxylic acids is 2. The molecule has 0 spiro atoms. The molecule has 148 valence electrons. The Hall–Kier alpha value is -2.09. The van der Waals surface area contributed by atoms with Gasteiger partial charge in [-0.05, 0) is 37.3 Å². The molecule has 1 aromatic rings. The van der Waals surface area contributed by atoms with Crippen LogP contribution in [0.25, 0.3) is 0 Å². The lowest BCUT2D eigenvalue weighted by Gasteiger charge is -2.34. The van der Waals surface area contributed by atoms with Crippen molar-refractivity contribution in [3.63, 3.8) is 0 Å². The van der Waals surface area contributed by atoms with Crippen molar-refractivity contribution in [1.29, 1.82) is 0 Å². The number of nitrogens with zero attached hydrogens (tertiary/aromatic N) is 1. The van der Waals surface area contributed by atoms with E-state index in [1.54, 1.807) is 11.0 Å². The summed E-state index contributed by atoms with van der Waals surface area (Å²) >= 11 is 0. The summed E-state index contributed by atoms with van der Waals surface area (Å²) in [7, 11) is 0. The van der Waals surface area contributed by atoms with Crippen LogP contribution in [0.3, 0.4) is 0 Å². The van der Waals surface area contributed by atoms with Gasteiger partial charge in [-0.1, -0.05) is 18.2 Å². The number of hydrogen-bond donors (Lipinski definition) is 2. The molecule has 27 heavy (non-hydrogen) atoms. The maximum atomic E-state index is 13.1. The van der Waals surface area contributed by atoms with Gasteiger partial charge in [0.05, 0.1) is 16.9 Å². The zero-order chi connectivity index (χ0) is 19.7. The summed E-state index contributed by atoms with van der Waals surface area (Å²) in [5.41, 5.74) is 4.19. The van der Waals surface area contributed by atoms with E-state index in [1.807, 2.05) is 0 Å². The van der Waals surface area contributed by atoms with Crippen LogP contribution in [0.15, 0.2) is 24.3 Å². The molecule has 1 aliphatic heterocycles. The number of carbonyl (C=O) groups is 2. The van der Waals surface area contributed by atoms with E-state index < -0.39 is 17.2 Å². The molecule has 1 heterocycles. The van der Waals surface area contributed by atoms with Gasteiger partial charge in [-0.25, -0.2) is 0 Å². The molecule has 1 atom stereocenters. The van der Waals surface area contributed by atoms with E-state index in [-0.39, 0.29) is 17.7 Å². The van der Waals surface area contributed by atoms with Crippen molar-refractivity contribution in [1.82, 2.24) is 10.2 Å². The number of benzene rings is 1. The smallest absolute Gasteiger partial charge is 0.355 e. The fraction of sp³-hybridized carbons (Fsp3) is 0.579. The molecule has 3 N–H and O–H groups in total. The Morgan fingerprint density at radius 2 is 2.04 bits per heavy atom. The third-order valence-electron chi connectivity index (χ3n) is 5.42. The molecule has 0 aromatic heterocycles. The van der Waals surface area contributed by atoms with Crippen LogP contribution in [0.4, 0.5) is 13.2 Å². The fourth-order valence-electron chi connectivity index (χ4n) is 3.76. The highest BCUT2D eigenvalue weighted by Gasteiger charge is 2.54. The largest absolute Gasteiger partial charge is 0.416 e. The van der Waals surface area contributed by atoms with E-state index in [0.29, 0.717) is 57.4 Å². The summed E-state index contributed by atoms with van der Waals surface area (Å²) in [6.07, 6.45) is -1.98. The van der Waals surface area contributed by atoms with Crippen LogP contribution in [-0.4, -0.2) is 42.9 Å². The second kappa shape index (κ2) is 7.50. The highest BCUT2D eigenvalue weighted by molar-refractivity contribution is 5.92. The topological polar surface area (TPSA) is 75.4 Å². The van der Waals surface area contributed by atoms with Crippen molar-refractivity contribution >= 4 is 11.8 Å². The van der Waals surface area contributed by atoms with Gasteiger partial charge in [0, 0.05) is 26.2 Å². The lowest BCUT2D eigenvalue weighted by atomic mass is 9.90. The number of piperidine rings is 1. The Bertz CT molecular complexity index is 716. The minimum absolute atomic E-state index is 0.123. The van der Waals surface area contributed by atoms with Crippen molar-refractivity contribution in [2.45, 2.75) is 37.3 Å². The average Bonchev–Trinajstić information content (AvgIpc) is 3.47. The van der Waals surface area contributed by atoms with E-state index in [4.69, 9.17) is 5.73 Å². The van der Waals surface area contributed by atoms with Crippen LogP contribution in [0.5, 0.6) is 0 Å². The summed E-state index contributed by atoms with van der Waals surface area (Å²) in [4.78, 5) is 26.9. The van der Waals surface area contributed by atoms with Crippen LogP contribution in [0.1, 0.15) is 36.8 Å². The first-order valence-electron chi connectivity index (χ1n) is 9.23. The normalized spacial score (nSPS) is 21.6. The zero-order valence-corrected chi connectivity index (χ0v) is 15.0. The molecule has 2 fully saturated rings. The fourth-order valence-corrected chi connectivity index (χ4v) is 3.76. The number of halogens is 3. The predicted octanol–water partition coefficient (Wildman–Crippen LogP) is 2.05. The van der Waals surface area contributed by atoms with Gasteiger partial charge in [-0.3, -0.25) is 9.59 Å². The summed E-state index contributed by atoms with van der Waals surface area (Å²) in [6.45, 7) is 1.56. The third kappa shape index (κ3) is 4.10. The van der Waals surface area contributed by atoms with Crippen LogP contribution in [0, 0.1) is 5.92 Å². The van der Waals surface area contributed by atoms with Crippen LogP contribution in [-0.2, 0) is 21.2 Å². The van der Waals surface area contributed by atoms with Crippen LogP contribution >= 0.6 is 0 Å². The number of amides is 2. The first-order chi connectivity index (χ1) is 12.8. The maximum Gasteiger partial charge on any atom is 0.416 e. The van der Waals surface area contributed by atoms with Gasteiger partial charge in [0.15, 0.2) is 0 Å². The van der Waals surface area contributed by atoms with Gasteiger partial charge in [0.25, 0.3) is 0 Å². The molecule has 1 aliphatic carbocycles. The molecule has 5 nitrogen and oxygen atoms in total. The number of nitrogens with two attached hydrogens (primary N) is 1. The SMILES string of the molecule is NCCNC(=O)C1CCCN(C(=O)C2(c3cccc(C(F)(F)F)c3)CC2)C1. The monoisotopic (exact) mass is 383 g/mol. The molecule has 2 aliphatic rings. The van der Waals surface area contributed by atoms with E-state index in [2.05, 4.69) is 5.32 Å². The van der Waals surface area contributed by atoms with Crippen molar-refractivity contribution < 1.29 is 22.8 Å². The molecule has 1 saturated carbocycles. The first kappa shape index (κ1) is 19.7. The summed E-state index contributed by atoms with van der Waals surface area (Å²) in [6, 6.07) is 5.04. The predicted molar refractivity (Wildman–Crippen MR) is 93.7 cm³/mol. The zero-order valence-electron chi connectivity index (χ0n) is 15.0. The molecular weight excluding hydrogens is 359 g/mol. The number of hydrogen-bond acceptors (Lipinski definition) is 3. The van der Waals surface area contributed by atoms with Gasteiger partial charge >= 0.3 is 6.18 Å². The van der Waals surface area contributed by atoms with Crippen molar-refractivity contribution in [3.05, 3.63) is 35.4 Å². The van der Waals surface area contributed by atoms with Crippen molar-refractivity contribution in [2.24, 2.45) is 11.7 Å². The number of rotatable bonds is 5. The van der Waals surface area contributed by atoms with Gasteiger partial charge in [-0.15, -0.1) is 0 Å². The lowest BCUT2D eigenvalue weighted by molar-refractivity contribution is -0.139. The van der Waals surface area contributed by atoms with Gasteiger partial charge in [0.2, 0.25) is 11.8 Å². The van der Waals surface area contributed by atoms with E-state index in [9.17, 15) is 22.8 Å². The first-order valence-corrected chi connectivity index (χ1v) is 9.23. The number of likely N-dealkylation sites (tertiary alicyclic amines) is 1. The highest BCUT2D eigenvalue weighted by atomic mass is 19.4. The average molecular weight is 383 g/mol. The van der Waals surface area contributed by atoms with E-state index >= 15 is 0 Å². The van der Waals surface area contributed by atoms with E-state index in [0.717, 1.165) is 12.1 Å². The molecule has 0 radical (unpaired) electrons. The maximum absolute atomic E-state index is 13.1. The number of alkyl halides is 3. The molecule has 1 saturated heterocycles. The minimum atomic E-state index is -4.44. The lowest BCUT2D eigenvalue weighted by Crippen LogP contribution is -2.49. The molecular formula is C19H24F3N3O2. The standard InChI is InChI=1S/C19H24F3N3O2/c20-19(21,22)15-5-1-4-14(11-15)18(6-7-18)17(27)25-10-2-3-13(12-25)16(26)24-9-8-23/h1,4-5,11,13H,2-3,6-10,12,23H2,(H,24,26). The molecule has 0 bridgehead atoms. The molecule has 1 unspecified atom stereocenters. The van der Waals surface area contributed by atoms with Gasteiger partial charge < -0.3 is 16.0 Å². The summed E-state index contributed by atoms with van der Waals surface area (Å²) in [5.74, 6) is -0.591. The molecule has 2 amide bonds. The quantitative estimate of drug-likeness (QED) is 0.817. The Balaban J connectivity index is 1.74. The van der Waals surface area contributed by atoms with Crippen molar-refractivity contribution in [3.8, 4) is 0 Å². The van der Waals surface area contributed by atoms with E-state index in [1.165, 1.54) is 6.07 Å². The molecule has 8 heteroatoms. The molecule has 3 rings (SSSR count). The van der Waals surface area contributed by atoms with Crippen molar-refractivity contribution in [2.75, 3.05) is 26.2 Å². The summed E-state index contributed by atoms with van der Waals surface area (Å²) < 4.78 is 39.1. The Morgan fingerprint density at radius 1 is 1.30 bits per heavy atom. The number of nitrogens with one attached hydrogen (secondary N) is 1. The molecule has 1 aromatic carbocycles. The minimum Gasteiger partial charge on any atom is -0.355 e. The third-order valence-corrected chi connectivity index (χ3v) is 5.42. The second-order valence-electron chi connectivity index (χ2n) is 7.33.